The third-order valence-corrected chi connectivity index (χ3v) is 4.35. The van der Waals surface area contributed by atoms with Crippen molar-refractivity contribution in [1.29, 1.82) is 0 Å². The minimum absolute atomic E-state index is 0.365. The lowest BCUT2D eigenvalue weighted by molar-refractivity contribution is 0.242. The van der Waals surface area contributed by atoms with Crippen LogP contribution in [0.5, 0.6) is 0 Å². The lowest BCUT2D eigenvalue weighted by Gasteiger charge is -2.28. The van der Waals surface area contributed by atoms with Crippen molar-refractivity contribution in [3.8, 4) is 11.5 Å². The molecule has 0 unspecified atom stereocenters. The molecule has 4 heterocycles. The molecule has 0 bridgehead atoms. The van der Waals surface area contributed by atoms with Crippen LogP contribution in [0.15, 0.2) is 24.5 Å². The summed E-state index contributed by atoms with van der Waals surface area (Å²) in [5, 5.41) is 14.0. The summed E-state index contributed by atoms with van der Waals surface area (Å²) in [5.41, 5.74) is 4.33. The van der Waals surface area contributed by atoms with Crippen LogP contribution in [0.1, 0.15) is 42.4 Å². The van der Waals surface area contributed by atoms with E-state index >= 15 is 0 Å². The molecule has 0 amide bonds. The van der Waals surface area contributed by atoms with Gasteiger partial charge < -0.3 is 0 Å². The molecule has 0 spiro atoms. The predicted octanol–water partition coefficient (Wildman–Crippen LogP) is 1.73. The molecule has 0 aromatic carbocycles. The number of hydrogen-bond donors (Lipinski definition) is 1. The Balaban J connectivity index is 1.49. The zero-order chi connectivity index (χ0) is 17.2. The second-order valence-corrected chi connectivity index (χ2v) is 6.60. The highest BCUT2D eigenvalue weighted by Gasteiger charge is 2.19. The predicted molar refractivity (Wildman–Crippen MR) is 91.3 cm³/mol. The van der Waals surface area contributed by atoms with E-state index in [1.54, 1.807) is 6.20 Å². The van der Waals surface area contributed by atoms with Crippen molar-refractivity contribution >= 4 is 0 Å². The summed E-state index contributed by atoms with van der Waals surface area (Å²) < 4.78 is 0. The fourth-order valence-corrected chi connectivity index (χ4v) is 3.03. The number of rotatable bonds is 4. The monoisotopic (exact) mass is 336 g/mol. The van der Waals surface area contributed by atoms with Gasteiger partial charge in [-0.2, -0.15) is 5.21 Å². The molecule has 0 atom stereocenters. The molecule has 0 radical (unpaired) electrons. The molecule has 0 saturated heterocycles. The second kappa shape index (κ2) is 6.64. The van der Waals surface area contributed by atoms with Crippen LogP contribution >= 0.6 is 0 Å². The van der Waals surface area contributed by atoms with E-state index in [4.69, 9.17) is 4.98 Å². The van der Waals surface area contributed by atoms with Gasteiger partial charge in [0.15, 0.2) is 0 Å². The first kappa shape index (κ1) is 15.8. The number of aromatic amines is 1. The van der Waals surface area contributed by atoms with E-state index in [2.05, 4.69) is 49.3 Å². The Hall–Kier alpha value is -2.74. The van der Waals surface area contributed by atoms with Crippen molar-refractivity contribution in [2.45, 2.75) is 39.3 Å². The molecule has 0 aliphatic carbocycles. The zero-order valence-corrected chi connectivity index (χ0v) is 14.3. The summed E-state index contributed by atoms with van der Waals surface area (Å²) in [6.45, 7) is 6.96. The number of hydrogen-bond acceptors (Lipinski definition) is 7. The quantitative estimate of drug-likeness (QED) is 0.775. The highest BCUT2D eigenvalue weighted by molar-refractivity contribution is 5.48. The summed E-state index contributed by atoms with van der Waals surface area (Å²) in [6.07, 6.45) is 4.73. The van der Waals surface area contributed by atoms with Gasteiger partial charge in [-0.05, 0) is 22.9 Å². The molecule has 25 heavy (non-hydrogen) atoms. The van der Waals surface area contributed by atoms with E-state index in [0.29, 0.717) is 11.7 Å². The fourth-order valence-electron chi connectivity index (χ4n) is 3.03. The van der Waals surface area contributed by atoms with E-state index in [1.165, 1.54) is 16.8 Å². The molecule has 8 nitrogen and oxygen atoms in total. The van der Waals surface area contributed by atoms with Crippen LogP contribution in [-0.4, -0.2) is 47.0 Å². The number of H-pyrrole nitrogens is 1. The van der Waals surface area contributed by atoms with Crippen LogP contribution in [-0.2, 0) is 19.5 Å². The second-order valence-electron chi connectivity index (χ2n) is 6.60. The van der Waals surface area contributed by atoms with Gasteiger partial charge in [-0.15, -0.1) is 10.2 Å². The van der Waals surface area contributed by atoms with E-state index in [9.17, 15) is 0 Å². The molecule has 1 aliphatic rings. The normalized spacial score (nSPS) is 14.7. The molecule has 0 fully saturated rings. The topological polar surface area (TPSA) is 96.4 Å². The molecule has 3 aromatic rings. The number of nitrogens with zero attached hydrogens (tertiary/aromatic N) is 7. The summed E-state index contributed by atoms with van der Waals surface area (Å²) in [6, 6.07) is 4.04. The lowest BCUT2D eigenvalue weighted by Crippen LogP contribution is -2.31. The van der Waals surface area contributed by atoms with Gasteiger partial charge in [-0.1, -0.05) is 13.8 Å². The number of fused-ring (bicyclic) bond motifs is 1. The van der Waals surface area contributed by atoms with Gasteiger partial charge in [0, 0.05) is 55.6 Å². The van der Waals surface area contributed by atoms with Crippen LogP contribution in [0.4, 0.5) is 0 Å². The molecule has 8 heteroatoms. The summed E-state index contributed by atoms with van der Waals surface area (Å²) in [5.74, 6) is 1.82. The Labute approximate surface area is 145 Å². The Morgan fingerprint density at radius 1 is 1.28 bits per heavy atom. The van der Waals surface area contributed by atoms with E-state index in [-0.39, 0.29) is 0 Å². The first-order chi connectivity index (χ1) is 12.2. The largest absolute Gasteiger partial charge is 0.294 e. The number of pyridine rings is 1. The zero-order valence-electron chi connectivity index (χ0n) is 14.3. The molecule has 4 rings (SSSR count). The molecular formula is C17H20N8. The molecular weight excluding hydrogens is 316 g/mol. The maximum Gasteiger partial charge on any atom is 0.222 e. The van der Waals surface area contributed by atoms with Crippen LogP contribution < -0.4 is 0 Å². The van der Waals surface area contributed by atoms with Gasteiger partial charge in [0.25, 0.3) is 0 Å². The lowest BCUT2D eigenvalue weighted by atomic mass is 10.1. The molecule has 1 N–H and O–H groups in total. The van der Waals surface area contributed by atoms with Crippen molar-refractivity contribution in [3.63, 3.8) is 0 Å². The van der Waals surface area contributed by atoms with E-state index in [0.717, 1.165) is 37.6 Å². The van der Waals surface area contributed by atoms with E-state index < -0.39 is 0 Å². The molecule has 0 saturated carbocycles. The van der Waals surface area contributed by atoms with Crippen LogP contribution in [0.3, 0.4) is 0 Å². The molecule has 128 valence electrons. The van der Waals surface area contributed by atoms with Gasteiger partial charge in [-0.3, -0.25) is 9.88 Å². The number of tetrazole rings is 1. The maximum absolute atomic E-state index is 4.73. The van der Waals surface area contributed by atoms with Gasteiger partial charge in [0.2, 0.25) is 5.82 Å². The van der Waals surface area contributed by atoms with Crippen molar-refractivity contribution in [1.82, 2.24) is 40.5 Å². The Morgan fingerprint density at radius 3 is 3.00 bits per heavy atom. The Kier molecular flexibility index (Phi) is 4.19. The first-order valence-corrected chi connectivity index (χ1v) is 8.45. The van der Waals surface area contributed by atoms with E-state index in [1.807, 2.05) is 18.3 Å². The third-order valence-electron chi connectivity index (χ3n) is 4.35. The number of nitrogens with one attached hydrogen (secondary N) is 1. The van der Waals surface area contributed by atoms with Crippen molar-refractivity contribution in [3.05, 3.63) is 47.2 Å². The minimum Gasteiger partial charge on any atom is -0.294 e. The summed E-state index contributed by atoms with van der Waals surface area (Å²) >= 11 is 0. The molecule has 1 aliphatic heterocycles. The van der Waals surface area contributed by atoms with Crippen LogP contribution in [0, 0.1) is 0 Å². The van der Waals surface area contributed by atoms with Crippen molar-refractivity contribution < 1.29 is 0 Å². The Bertz CT molecular complexity index is 859. The summed E-state index contributed by atoms with van der Waals surface area (Å²) in [4.78, 5) is 15.9. The van der Waals surface area contributed by atoms with Gasteiger partial charge in [0.05, 0.1) is 0 Å². The molecule has 3 aromatic heterocycles. The third kappa shape index (κ3) is 3.39. The average molecular weight is 336 g/mol. The number of aromatic nitrogens is 7. The maximum atomic E-state index is 4.73. The fraction of sp³-hybridized carbons (Fsp3) is 0.412. The van der Waals surface area contributed by atoms with Crippen LogP contribution in [0.2, 0.25) is 0 Å². The van der Waals surface area contributed by atoms with Gasteiger partial charge in [0.1, 0.15) is 11.5 Å². The average Bonchev–Trinajstić information content (AvgIpc) is 3.16. The first-order valence-electron chi connectivity index (χ1n) is 8.45. The van der Waals surface area contributed by atoms with Crippen molar-refractivity contribution in [2.75, 3.05) is 6.54 Å². The standard InChI is InChI=1S/C17H20N8/c1-11(2)16-19-8-13-10-25(6-4-14(13)20-16)9-12-3-5-18-15(7-12)17-21-23-24-22-17/h3,5,7-8,11H,4,6,9-10H2,1-2H3,(H,21,22,23,24). The summed E-state index contributed by atoms with van der Waals surface area (Å²) in [7, 11) is 0. The highest BCUT2D eigenvalue weighted by Crippen LogP contribution is 2.21. The van der Waals surface area contributed by atoms with Gasteiger partial charge in [-0.25, -0.2) is 9.97 Å². The van der Waals surface area contributed by atoms with Crippen molar-refractivity contribution in [2.24, 2.45) is 0 Å². The van der Waals surface area contributed by atoms with Gasteiger partial charge >= 0.3 is 0 Å². The highest BCUT2D eigenvalue weighted by atomic mass is 15.5. The smallest absolute Gasteiger partial charge is 0.222 e. The van der Waals surface area contributed by atoms with Crippen LogP contribution in [0.25, 0.3) is 11.5 Å². The minimum atomic E-state index is 0.365. The SMILES string of the molecule is CC(C)c1ncc2c(n1)CCN(Cc1ccnc(-c3nn[nH]n3)c1)C2. The Morgan fingerprint density at radius 2 is 2.20 bits per heavy atom.